The summed E-state index contributed by atoms with van der Waals surface area (Å²) in [6, 6.07) is 5.41. The largest absolute Gasteiger partial charge is 0.348 e. The van der Waals surface area contributed by atoms with Gasteiger partial charge >= 0.3 is 0 Å². The molecule has 0 unspecified atom stereocenters. The lowest BCUT2D eigenvalue weighted by molar-refractivity contribution is -0.117. The summed E-state index contributed by atoms with van der Waals surface area (Å²) in [5.41, 5.74) is 0.432. The number of piperidine rings is 1. The molecule has 2 fully saturated rings. The summed E-state index contributed by atoms with van der Waals surface area (Å²) in [5.74, 6) is -2.44. The third-order valence-corrected chi connectivity index (χ3v) is 4.51. The summed E-state index contributed by atoms with van der Waals surface area (Å²) in [6.07, 6.45) is 3.39. The van der Waals surface area contributed by atoms with Crippen LogP contribution in [0.5, 0.6) is 0 Å². The zero-order valence-electron chi connectivity index (χ0n) is 12.5. The molecule has 0 bridgehead atoms. The van der Waals surface area contributed by atoms with Gasteiger partial charge in [0.05, 0.1) is 0 Å². The molecule has 1 saturated carbocycles. The Morgan fingerprint density at radius 3 is 2.64 bits per heavy atom. The molecule has 2 aliphatic rings. The summed E-state index contributed by atoms with van der Waals surface area (Å²) in [4.78, 5) is 18.3. The van der Waals surface area contributed by atoms with E-state index < -0.39 is 5.92 Å². The van der Waals surface area contributed by atoms with Gasteiger partial charge in [-0.1, -0.05) is 6.07 Å². The molecular weight excluding hydrogens is 288 g/mol. The second kappa shape index (κ2) is 6.28. The number of pyridine rings is 1. The fraction of sp³-hybridized carbons (Fsp3) is 0.625. The van der Waals surface area contributed by atoms with E-state index in [0.717, 1.165) is 32.5 Å². The Bertz CT molecular complexity index is 507. The lowest BCUT2D eigenvalue weighted by atomic mass is 9.81. The van der Waals surface area contributed by atoms with Crippen LogP contribution in [0, 0.1) is 5.92 Å². The second-order valence-electron chi connectivity index (χ2n) is 6.39. The molecule has 0 aromatic carbocycles. The van der Waals surface area contributed by atoms with Gasteiger partial charge in [0.15, 0.2) is 0 Å². The smallest absolute Gasteiger partial charge is 0.270 e. The first-order valence-corrected chi connectivity index (χ1v) is 7.84. The van der Waals surface area contributed by atoms with E-state index in [0.29, 0.717) is 5.69 Å². The Labute approximate surface area is 128 Å². The standard InChI is InChI=1S/C16H21F2N3O/c17-16(18)9-12(10-16)11-21-7-4-13(5-8-21)20-15(22)14-3-1-2-6-19-14/h1-3,6,12-13H,4-5,7-11H2,(H,20,22). The summed E-state index contributed by atoms with van der Waals surface area (Å²) in [6.45, 7) is 2.47. The van der Waals surface area contributed by atoms with E-state index in [1.165, 1.54) is 0 Å². The van der Waals surface area contributed by atoms with Gasteiger partial charge in [0.2, 0.25) is 5.92 Å². The minimum Gasteiger partial charge on any atom is -0.348 e. The second-order valence-corrected chi connectivity index (χ2v) is 6.39. The predicted molar refractivity (Wildman–Crippen MR) is 78.8 cm³/mol. The number of aromatic nitrogens is 1. The molecule has 1 aromatic rings. The number of likely N-dealkylation sites (tertiary alicyclic amines) is 1. The van der Waals surface area contributed by atoms with Gasteiger partial charge in [0.25, 0.3) is 5.91 Å². The number of hydrogen-bond donors (Lipinski definition) is 1. The molecule has 0 atom stereocenters. The number of carbonyl (C=O) groups excluding carboxylic acids is 1. The van der Waals surface area contributed by atoms with Crippen molar-refractivity contribution in [1.29, 1.82) is 0 Å². The van der Waals surface area contributed by atoms with Gasteiger partial charge in [-0.15, -0.1) is 0 Å². The number of halogens is 2. The van der Waals surface area contributed by atoms with Crippen LogP contribution in [-0.2, 0) is 0 Å². The SMILES string of the molecule is O=C(NC1CCN(CC2CC(F)(F)C2)CC1)c1ccccn1. The molecular formula is C16H21F2N3O. The average Bonchev–Trinajstić information content (AvgIpc) is 2.48. The van der Waals surface area contributed by atoms with Gasteiger partial charge in [-0.3, -0.25) is 9.78 Å². The lowest BCUT2D eigenvalue weighted by Crippen LogP contribution is -2.48. The Morgan fingerprint density at radius 2 is 2.05 bits per heavy atom. The number of amides is 1. The first-order valence-electron chi connectivity index (χ1n) is 7.84. The zero-order valence-corrected chi connectivity index (χ0v) is 12.5. The first-order chi connectivity index (χ1) is 10.5. The number of nitrogens with one attached hydrogen (secondary N) is 1. The van der Waals surface area contributed by atoms with Crippen molar-refractivity contribution in [2.45, 2.75) is 37.6 Å². The fourth-order valence-electron chi connectivity index (χ4n) is 3.30. The van der Waals surface area contributed by atoms with Crippen LogP contribution in [0.2, 0.25) is 0 Å². The molecule has 0 radical (unpaired) electrons. The maximum Gasteiger partial charge on any atom is 0.270 e. The Kier molecular flexibility index (Phi) is 4.38. The highest BCUT2D eigenvalue weighted by atomic mass is 19.3. The molecule has 1 saturated heterocycles. The normalized spacial score (nSPS) is 23.0. The van der Waals surface area contributed by atoms with Crippen LogP contribution < -0.4 is 5.32 Å². The molecule has 1 aliphatic carbocycles. The molecule has 1 aromatic heterocycles. The van der Waals surface area contributed by atoms with E-state index in [1.54, 1.807) is 24.4 Å². The summed E-state index contributed by atoms with van der Waals surface area (Å²) >= 11 is 0. The average molecular weight is 309 g/mol. The molecule has 0 spiro atoms. The van der Waals surface area contributed by atoms with Crippen molar-refractivity contribution in [1.82, 2.24) is 15.2 Å². The van der Waals surface area contributed by atoms with Crippen molar-refractivity contribution in [2.24, 2.45) is 5.92 Å². The van der Waals surface area contributed by atoms with Gasteiger partial charge < -0.3 is 10.2 Å². The maximum atomic E-state index is 12.8. The maximum absolute atomic E-state index is 12.8. The van der Waals surface area contributed by atoms with Gasteiger partial charge in [-0.05, 0) is 30.9 Å². The highest BCUT2D eigenvalue weighted by Gasteiger charge is 2.45. The van der Waals surface area contributed by atoms with Crippen molar-refractivity contribution in [2.75, 3.05) is 19.6 Å². The first kappa shape index (κ1) is 15.3. The zero-order chi connectivity index (χ0) is 15.6. The molecule has 4 nitrogen and oxygen atoms in total. The molecule has 3 rings (SSSR count). The van der Waals surface area contributed by atoms with Crippen LogP contribution in [0.15, 0.2) is 24.4 Å². The van der Waals surface area contributed by atoms with Crippen LogP contribution in [-0.4, -0.2) is 47.4 Å². The molecule has 1 amide bonds. The molecule has 1 N–H and O–H groups in total. The molecule has 2 heterocycles. The number of carbonyl (C=O) groups is 1. The number of nitrogens with zero attached hydrogens (tertiary/aromatic N) is 2. The van der Waals surface area contributed by atoms with E-state index in [2.05, 4.69) is 15.2 Å². The number of alkyl halides is 2. The van der Waals surface area contributed by atoms with Crippen LogP contribution in [0.25, 0.3) is 0 Å². The van der Waals surface area contributed by atoms with Gasteiger partial charge in [0, 0.05) is 44.7 Å². The highest BCUT2D eigenvalue weighted by molar-refractivity contribution is 5.92. The number of hydrogen-bond acceptors (Lipinski definition) is 3. The van der Waals surface area contributed by atoms with Crippen LogP contribution in [0.1, 0.15) is 36.2 Å². The molecule has 120 valence electrons. The third-order valence-electron chi connectivity index (χ3n) is 4.51. The van der Waals surface area contributed by atoms with Gasteiger partial charge in [-0.2, -0.15) is 0 Å². The topological polar surface area (TPSA) is 45.2 Å². The molecule has 22 heavy (non-hydrogen) atoms. The lowest BCUT2D eigenvalue weighted by Gasteiger charge is -2.40. The molecule has 6 heteroatoms. The summed E-state index contributed by atoms with van der Waals surface area (Å²) < 4.78 is 25.7. The van der Waals surface area contributed by atoms with Crippen LogP contribution >= 0.6 is 0 Å². The van der Waals surface area contributed by atoms with E-state index in [4.69, 9.17) is 0 Å². The van der Waals surface area contributed by atoms with E-state index in [-0.39, 0.29) is 30.7 Å². The monoisotopic (exact) mass is 309 g/mol. The minimum absolute atomic E-state index is 0.0311. The quantitative estimate of drug-likeness (QED) is 0.928. The third kappa shape index (κ3) is 3.80. The van der Waals surface area contributed by atoms with Crippen molar-refractivity contribution in [3.63, 3.8) is 0 Å². The van der Waals surface area contributed by atoms with Crippen molar-refractivity contribution >= 4 is 5.91 Å². The van der Waals surface area contributed by atoms with Crippen LogP contribution in [0.3, 0.4) is 0 Å². The molecule has 1 aliphatic heterocycles. The van der Waals surface area contributed by atoms with E-state index in [9.17, 15) is 13.6 Å². The Morgan fingerprint density at radius 1 is 1.32 bits per heavy atom. The highest BCUT2D eigenvalue weighted by Crippen LogP contribution is 2.42. The van der Waals surface area contributed by atoms with E-state index >= 15 is 0 Å². The van der Waals surface area contributed by atoms with Gasteiger partial charge in [0.1, 0.15) is 5.69 Å². The predicted octanol–water partition coefficient (Wildman–Crippen LogP) is 2.32. The van der Waals surface area contributed by atoms with Crippen molar-refractivity contribution < 1.29 is 13.6 Å². The van der Waals surface area contributed by atoms with Crippen molar-refractivity contribution in [3.05, 3.63) is 30.1 Å². The fourth-order valence-corrected chi connectivity index (χ4v) is 3.30. The summed E-state index contributed by atoms with van der Waals surface area (Å²) in [7, 11) is 0. The summed E-state index contributed by atoms with van der Waals surface area (Å²) in [5, 5.41) is 3.00. The van der Waals surface area contributed by atoms with Crippen LogP contribution in [0.4, 0.5) is 8.78 Å². The van der Waals surface area contributed by atoms with E-state index in [1.807, 2.05) is 0 Å². The minimum atomic E-state index is -2.43. The van der Waals surface area contributed by atoms with Crippen molar-refractivity contribution in [3.8, 4) is 0 Å². The van der Waals surface area contributed by atoms with Gasteiger partial charge in [-0.25, -0.2) is 8.78 Å². The Hall–Kier alpha value is -1.56. The Balaban J connectivity index is 1.40. The number of rotatable bonds is 4.